The number of rotatable bonds is 5. The Labute approximate surface area is 177 Å². The molecule has 3 aromatic rings. The van der Waals surface area contributed by atoms with Crippen molar-refractivity contribution in [1.29, 1.82) is 0 Å². The number of fused-ring (bicyclic) bond motifs is 3. The third-order valence-corrected chi connectivity index (χ3v) is 7.25. The third kappa shape index (κ3) is 3.59. The lowest BCUT2D eigenvalue weighted by molar-refractivity contribution is -0.120. The highest BCUT2D eigenvalue weighted by molar-refractivity contribution is 7.93. The maximum atomic E-state index is 13.3. The van der Waals surface area contributed by atoms with Crippen molar-refractivity contribution in [2.75, 3.05) is 10.8 Å². The normalized spacial score (nSPS) is 15.1. The number of carbonyl (C=O) groups excluding carboxylic acids is 1. The van der Waals surface area contributed by atoms with Crippen LogP contribution in [0.5, 0.6) is 0 Å². The lowest BCUT2D eigenvalue weighted by Crippen LogP contribution is -2.43. The van der Waals surface area contributed by atoms with E-state index in [2.05, 4.69) is 5.32 Å². The Morgan fingerprint density at radius 1 is 0.933 bits per heavy atom. The minimum absolute atomic E-state index is 0.173. The van der Waals surface area contributed by atoms with E-state index >= 15 is 0 Å². The van der Waals surface area contributed by atoms with Gasteiger partial charge >= 0.3 is 0 Å². The van der Waals surface area contributed by atoms with Crippen molar-refractivity contribution >= 4 is 21.6 Å². The lowest BCUT2D eigenvalue weighted by Gasteiger charge is -2.32. The van der Waals surface area contributed by atoms with Crippen LogP contribution in [0, 0.1) is 6.92 Å². The van der Waals surface area contributed by atoms with E-state index in [-0.39, 0.29) is 23.4 Å². The molecule has 154 valence electrons. The SMILES string of the molecule is CC[C@H](NC(=O)CN1c2ccccc2-c2ccccc2S1(=O)=O)c1ccc(C)cc1. The Balaban J connectivity index is 1.64. The van der Waals surface area contributed by atoms with Crippen molar-refractivity contribution in [1.82, 2.24) is 5.32 Å². The molecule has 1 heterocycles. The topological polar surface area (TPSA) is 66.5 Å². The van der Waals surface area contributed by atoms with Crippen molar-refractivity contribution < 1.29 is 13.2 Å². The van der Waals surface area contributed by atoms with E-state index in [1.54, 1.807) is 30.3 Å². The molecule has 0 radical (unpaired) electrons. The Morgan fingerprint density at radius 3 is 2.27 bits per heavy atom. The van der Waals surface area contributed by atoms with Gasteiger partial charge in [0.25, 0.3) is 10.0 Å². The zero-order valence-corrected chi connectivity index (χ0v) is 17.8. The van der Waals surface area contributed by atoms with Gasteiger partial charge in [0, 0.05) is 11.1 Å². The summed E-state index contributed by atoms with van der Waals surface area (Å²) in [4.78, 5) is 13.1. The number of aryl methyl sites for hydroxylation is 1. The average Bonchev–Trinajstić information content (AvgIpc) is 2.76. The van der Waals surface area contributed by atoms with E-state index in [4.69, 9.17) is 0 Å². The van der Waals surface area contributed by atoms with Crippen molar-refractivity contribution in [2.24, 2.45) is 0 Å². The molecule has 1 amide bonds. The van der Waals surface area contributed by atoms with Gasteiger partial charge in [-0.05, 0) is 31.0 Å². The molecule has 1 aliphatic rings. The summed E-state index contributed by atoms with van der Waals surface area (Å²) in [7, 11) is -3.83. The molecule has 1 N–H and O–H groups in total. The molecular weight excluding hydrogens is 396 g/mol. The first-order chi connectivity index (χ1) is 14.4. The minimum Gasteiger partial charge on any atom is -0.348 e. The van der Waals surface area contributed by atoms with Gasteiger partial charge < -0.3 is 5.32 Å². The van der Waals surface area contributed by atoms with Crippen LogP contribution in [-0.2, 0) is 14.8 Å². The van der Waals surface area contributed by atoms with Gasteiger partial charge in [-0.15, -0.1) is 0 Å². The van der Waals surface area contributed by atoms with E-state index in [1.165, 1.54) is 4.31 Å². The Bertz CT molecular complexity index is 1190. The highest BCUT2D eigenvalue weighted by atomic mass is 32.2. The van der Waals surface area contributed by atoms with E-state index in [0.717, 1.165) is 16.7 Å². The smallest absolute Gasteiger partial charge is 0.265 e. The molecule has 0 spiro atoms. The molecule has 1 atom stereocenters. The molecule has 0 unspecified atom stereocenters. The summed E-state index contributed by atoms with van der Waals surface area (Å²) in [6.45, 7) is 3.74. The van der Waals surface area contributed by atoms with Crippen LogP contribution in [0.25, 0.3) is 11.1 Å². The summed E-state index contributed by atoms with van der Waals surface area (Å²) in [6, 6.07) is 22.0. The quantitative estimate of drug-likeness (QED) is 0.664. The second-order valence-corrected chi connectivity index (χ2v) is 9.29. The molecule has 0 aromatic heterocycles. The van der Waals surface area contributed by atoms with Crippen LogP contribution in [-0.4, -0.2) is 20.9 Å². The van der Waals surface area contributed by atoms with Crippen LogP contribution in [0.3, 0.4) is 0 Å². The van der Waals surface area contributed by atoms with Crippen molar-refractivity contribution in [3.05, 3.63) is 83.9 Å². The fraction of sp³-hybridized carbons (Fsp3) is 0.208. The van der Waals surface area contributed by atoms with E-state index in [9.17, 15) is 13.2 Å². The average molecular weight is 421 g/mol. The maximum Gasteiger partial charge on any atom is 0.265 e. The molecule has 0 aliphatic carbocycles. The lowest BCUT2D eigenvalue weighted by atomic mass is 10.0. The predicted molar refractivity (Wildman–Crippen MR) is 119 cm³/mol. The molecule has 30 heavy (non-hydrogen) atoms. The first-order valence-electron chi connectivity index (χ1n) is 9.99. The fourth-order valence-electron chi connectivity index (χ4n) is 3.84. The molecule has 3 aromatic carbocycles. The van der Waals surface area contributed by atoms with Gasteiger partial charge in [0.15, 0.2) is 0 Å². The van der Waals surface area contributed by atoms with Crippen LogP contribution >= 0.6 is 0 Å². The van der Waals surface area contributed by atoms with Gasteiger partial charge in [-0.1, -0.05) is 73.2 Å². The van der Waals surface area contributed by atoms with Crippen LogP contribution < -0.4 is 9.62 Å². The van der Waals surface area contributed by atoms with Crippen molar-refractivity contribution in [2.45, 2.75) is 31.2 Å². The Kier molecular flexibility index (Phi) is 5.35. The van der Waals surface area contributed by atoms with Gasteiger partial charge in [-0.3, -0.25) is 9.10 Å². The van der Waals surface area contributed by atoms with E-state index in [0.29, 0.717) is 17.7 Å². The molecule has 0 fully saturated rings. The number of amides is 1. The fourth-order valence-corrected chi connectivity index (χ4v) is 5.49. The number of para-hydroxylation sites is 1. The molecular formula is C24H24N2O3S. The van der Waals surface area contributed by atoms with Crippen LogP contribution in [0.1, 0.15) is 30.5 Å². The van der Waals surface area contributed by atoms with Crippen molar-refractivity contribution in [3.63, 3.8) is 0 Å². The number of sulfonamides is 1. The Morgan fingerprint density at radius 2 is 1.57 bits per heavy atom. The predicted octanol–water partition coefficient (Wildman–Crippen LogP) is 4.44. The summed E-state index contributed by atoms with van der Waals surface area (Å²) in [5.41, 5.74) is 4.14. The molecule has 0 bridgehead atoms. The minimum atomic E-state index is -3.83. The maximum absolute atomic E-state index is 13.3. The van der Waals surface area contributed by atoms with Crippen LogP contribution in [0.2, 0.25) is 0 Å². The third-order valence-electron chi connectivity index (χ3n) is 5.43. The number of hydrogen-bond donors (Lipinski definition) is 1. The number of nitrogens with one attached hydrogen (secondary N) is 1. The highest BCUT2D eigenvalue weighted by Crippen LogP contribution is 2.42. The zero-order chi connectivity index (χ0) is 21.3. The summed E-state index contributed by atoms with van der Waals surface area (Å²) in [5, 5.41) is 3.00. The van der Waals surface area contributed by atoms with Crippen LogP contribution in [0.15, 0.2) is 77.7 Å². The molecule has 0 saturated carbocycles. The van der Waals surface area contributed by atoms with Crippen molar-refractivity contribution in [3.8, 4) is 11.1 Å². The van der Waals surface area contributed by atoms with Crippen LogP contribution in [0.4, 0.5) is 5.69 Å². The molecule has 5 nitrogen and oxygen atoms in total. The van der Waals surface area contributed by atoms with Gasteiger partial charge in [0.2, 0.25) is 5.91 Å². The summed E-state index contributed by atoms with van der Waals surface area (Å²) in [5.74, 6) is -0.333. The molecule has 1 aliphatic heterocycles. The molecule has 6 heteroatoms. The molecule has 0 saturated heterocycles. The van der Waals surface area contributed by atoms with E-state index in [1.807, 2.05) is 56.3 Å². The first kappa shape index (κ1) is 20.2. The monoisotopic (exact) mass is 420 g/mol. The number of anilines is 1. The number of nitrogens with zero attached hydrogens (tertiary/aromatic N) is 1. The number of benzene rings is 3. The van der Waals surface area contributed by atoms with Gasteiger partial charge in [0.05, 0.1) is 16.6 Å². The van der Waals surface area contributed by atoms with Gasteiger partial charge in [0.1, 0.15) is 6.54 Å². The largest absolute Gasteiger partial charge is 0.348 e. The second-order valence-electron chi connectivity index (χ2n) is 7.46. The van der Waals surface area contributed by atoms with E-state index < -0.39 is 10.0 Å². The second kappa shape index (κ2) is 7.95. The number of carbonyl (C=O) groups is 1. The Hall–Kier alpha value is -3.12. The summed E-state index contributed by atoms with van der Waals surface area (Å²) in [6.07, 6.45) is 0.709. The van der Waals surface area contributed by atoms with Gasteiger partial charge in [-0.25, -0.2) is 8.42 Å². The summed E-state index contributed by atoms with van der Waals surface area (Å²) < 4.78 is 27.8. The summed E-state index contributed by atoms with van der Waals surface area (Å²) >= 11 is 0. The number of hydrogen-bond acceptors (Lipinski definition) is 3. The standard InChI is InChI=1S/C24H24N2O3S/c1-3-21(18-14-12-17(2)13-15-18)25-24(27)16-26-22-10-6-4-8-19(22)20-9-5-7-11-23(20)30(26,28)29/h4-15,21H,3,16H2,1-2H3,(H,25,27)/t21-/m0/s1. The van der Waals surface area contributed by atoms with Gasteiger partial charge in [-0.2, -0.15) is 0 Å². The first-order valence-corrected chi connectivity index (χ1v) is 11.4. The molecule has 4 rings (SSSR count). The zero-order valence-electron chi connectivity index (χ0n) is 17.0. The highest BCUT2D eigenvalue weighted by Gasteiger charge is 2.35.